The summed E-state index contributed by atoms with van der Waals surface area (Å²) >= 11 is 0. The van der Waals surface area contributed by atoms with E-state index in [4.69, 9.17) is 9.47 Å². The molecule has 44 heavy (non-hydrogen) atoms. The maximum atomic E-state index is 12.0. The van der Waals surface area contributed by atoms with Gasteiger partial charge in [0.1, 0.15) is 6.29 Å². The SMILES string of the molecule is CCC=O.CCOC(=O)C(O)/C(=C\c1ccccc1)[N+](=O)[O-].CCOC(=O)[C@@H]1O[C@@H](O)[C@H](C)[C@@H](c2ccccc2)[C@@H]1[N+](=O)[O-]. The van der Waals surface area contributed by atoms with Crippen LogP contribution in [0.5, 0.6) is 0 Å². The average Bonchev–Trinajstić information content (AvgIpc) is 3.01. The Balaban J connectivity index is 0.000000399. The number of esters is 2. The number of nitro groups is 2. The number of aliphatic hydroxyl groups is 2. The maximum Gasteiger partial charge on any atom is 0.346 e. The van der Waals surface area contributed by atoms with Crippen LogP contribution in [0.25, 0.3) is 6.08 Å². The van der Waals surface area contributed by atoms with Gasteiger partial charge in [-0.1, -0.05) is 74.5 Å². The lowest BCUT2D eigenvalue weighted by Crippen LogP contribution is -2.55. The number of aliphatic hydroxyl groups excluding tert-OH is 2. The van der Waals surface area contributed by atoms with Crippen molar-refractivity contribution < 1.29 is 48.7 Å². The molecule has 0 radical (unpaired) electrons. The van der Waals surface area contributed by atoms with Crippen molar-refractivity contribution in [1.29, 1.82) is 0 Å². The predicted molar refractivity (Wildman–Crippen MR) is 157 cm³/mol. The number of carbonyl (C=O) groups is 3. The first-order chi connectivity index (χ1) is 20.9. The molecular formula is C30H38N2O12. The summed E-state index contributed by atoms with van der Waals surface area (Å²) < 4.78 is 14.6. The minimum absolute atomic E-state index is 0.0478. The molecule has 2 aromatic rings. The van der Waals surface area contributed by atoms with Crippen LogP contribution in [0.3, 0.4) is 0 Å². The second-order valence-corrected chi connectivity index (χ2v) is 9.24. The number of aldehydes is 1. The van der Waals surface area contributed by atoms with Gasteiger partial charge in [0.25, 0.3) is 11.7 Å². The second-order valence-electron chi connectivity index (χ2n) is 9.24. The summed E-state index contributed by atoms with van der Waals surface area (Å²) in [5.74, 6) is -3.02. The van der Waals surface area contributed by atoms with E-state index in [9.17, 15) is 44.8 Å². The highest BCUT2D eigenvalue weighted by molar-refractivity contribution is 5.79. The molecule has 14 nitrogen and oxygen atoms in total. The summed E-state index contributed by atoms with van der Waals surface area (Å²) in [5.41, 5.74) is 0.598. The molecule has 0 aliphatic carbocycles. The number of hydrogen-bond acceptors (Lipinski definition) is 12. The smallest absolute Gasteiger partial charge is 0.346 e. The second kappa shape index (κ2) is 19.6. The first-order valence-corrected chi connectivity index (χ1v) is 13.8. The standard InChI is InChI=1S/C15H19NO6.C12H13NO5.C3H6O/c1-3-21-15(18)13-12(16(19)20)11(9(2)14(17)22-13)10-7-5-4-6-8-10;1-2-18-12(15)11(14)10(13(16)17)8-9-6-4-3-5-7-9;1-2-3-4/h4-9,11-14,17H,3H2,1-2H3;3-8,11,14H,2H2,1H3;3H,2H2,1H3/b;10-8+;/t9-,11+,12+,13-,14-;;/m1../s1. The molecule has 1 aliphatic heterocycles. The van der Waals surface area contributed by atoms with Crippen molar-refractivity contribution in [2.45, 2.75) is 64.6 Å². The lowest BCUT2D eigenvalue weighted by molar-refractivity contribution is -0.549. The fourth-order valence-corrected chi connectivity index (χ4v) is 4.16. The zero-order valence-corrected chi connectivity index (χ0v) is 24.9. The van der Waals surface area contributed by atoms with E-state index in [0.717, 1.165) is 12.4 Å². The zero-order valence-electron chi connectivity index (χ0n) is 24.9. The molecule has 1 aliphatic rings. The highest BCUT2D eigenvalue weighted by Crippen LogP contribution is 2.39. The minimum atomic E-state index is -1.89. The van der Waals surface area contributed by atoms with Crippen LogP contribution in [0.1, 0.15) is 51.2 Å². The van der Waals surface area contributed by atoms with Gasteiger partial charge in [-0.15, -0.1) is 0 Å². The number of benzene rings is 2. The normalized spacial score (nSPS) is 21.6. The summed E-state index contributed by atoms with van der Waals surface area (Å²) in [4.78, 5) is 53.5. The van der Waals surface area contributed by atoms with Gasteiger partial charge < -0.3 is 29.2 Å². The van der Waals surface area contributed by atoms with Crippen LogP contribution in [0.4, 0.5) is 0 Å². The first-order valence-electron chi connectivity index (χ1n) is 13.8. The van der Waals surface area contributed by atoms with Crippen molar-refractivity contribution in [3.05, 3.63) is 97.7 Å². The molecule has 2 N–H and O–H groups in total. The largest absolute Gasteiger partial charge is 0.464 e. The number of hydrogen-bond donors (Lipinski definition) is 2. The van der Waals surface area contributed by atoms with Gasteiger partial charge in [-0.05, 0) is 25.0 Å². The molecule has 0 spiro atoms. The molecule has 6 atom stereocenters. The fourth-order valence-electron chi connectivity index (χ4n) is 4.16. The lowest BCUT2D eigenvalue weighted by atomic mass is 9.77. The van der Waals surface area contributed by atoms with Crippen molar-refractivity contribution in [2.24, 2.45) is 5.92 Å². The molecule has 1 fully saturated rings. The Morgan fingerprint density at radius 2 is 1.50 bits per heavy atom. The van der Waals surface area contributed by atoms with Crippen LogP contribution < -0.4 is 0 Å². The van der Waals surface area contributed by atoms with E-state index < -0.39 is 63.9 Å². The van der Waals surface area contributed by atoms with Crippen LogP contribution in [-0.4, -0.2) is 76.0 Å². The van der Waals surface area contributed by atoms with Gasteiger partial charge in [-0.25, -0.2) is 9.59 Å². The molecule has 1 saturated heterocycles. The van der Waals surface area contributed by atoms with Crippen molar-refractivity contribution in [2.75, 3.05) is 13.2 Å². The third-order valence-electron chi connectivity index (χ3n) is 6.21. The summed E-state index contributed by atoms with van der Waals surface area (Å²) in [7, 11) is 0. The van der Waals surface area contributed by atoms with E-state index in [2.05, 4.69) is 4.74 Å². The van der Waals surface area contributed by atoms with Crippen LogP contribution in [0, 0.1) is 26.1 Å². The number of nitrogens with zero attached hydrogens (tertiary/aromatic N) is 2. The number of rotatable bonds is 10. The van der Waals surface area contributed by atoms with Crippen molar-refractivity contribution in [1.82, 2.24) is 0 Å². The molecule has 3 rings (SSSR count). The Hall–Kier alpha value is -4.53. The molecule has 0 aromatic heterocycles. The van der Waals surface area contributed by atoms with Crippen LogP contribution in [0.2, 0.25) is 0 Å². The quantitative estimate of drug-likeness (QED) is 0.170. The molecule has 1 heterocycles. The topological polar surface area (TPSA) is 206 Å². The molecule has 2 aromatic carbocycles. The first kappa shape index (κ1) is 37.5. The van der Waals surface area contributed by atoms with Gasteiger partial charge >= 0.3 is 11.9 Å². The Kier molecular flexibility index (Phi) is 16.7. The molecule has 240 valence electrons. The summed E-state index contributed by atoms with van der Waals surface area (Å²) in [6.07, 6.45) is -1.93. The van der Waals surface area contributed by atoms with E-state index in [-0.39, 0.29) is 13.2 Å². The molecule has 0 amide bonds. The van der Waals surface area contributed by atoms with Crippen LogP contribution in [0.15, 0.2) is 66.4 Å². The van der Waals surface area contributed by atoms with E-state index in [1.165, 1.54) is 0 Å². The van der Waals surface area contributed by atoms with Gasteiger partial charge in [0.15, 0.2) is 6.29 Å². The molecule has 1 unspecified atom stereocenters. The van der Waals surface area contributed by atoms with Gasteiger partial charge in [0.2, 0.25) is 12.2 Å². The third-order valence-corrected chi connectivity index (χ3v) is 6.21. The van der Waals surface area contributed by atoms with Gasteiger partial charge in [0.05, 0.1) is 24.1 Å². The predicted octanol–water partition coefficient (Wildman–Crippen LogP) is 3.16. The van der Waals surface area contributed by atoms with E-state index in [1.807, 2.05) is 6.92 Å². The van der Waals surface area contributed by atoms with Gasteiger partial charge in [0, 0.05) is 23.3 Å². The highest BCUT2D eigenvalue weighted by atomic mass is 16.7. The minimum Gasteiger partial charge on any atom is -0.464 e. The molecule has 14 heteroatoms. The Bertz CT molecular complexity index is 1240. The van der Waals surface area contributed by atoms with E-state index in [1.54, 1.807) is 81.4 Å². The average molecular weight is 619 g/mol. The summed E-state index contributed by atoms with van der Waals surface area (Å²) in [5, 5.41) is 42.0. The maximum absolute atomic E-state index is 12.0. The Morgan fingerprint density at radius 1 is 0.977 bits per heavy atom. The molecular weight excluding hydrogens is 580 g/mol. The van der Waals surface area contributed by atoms with Crippen molar-refractivity contribution in [3.8, 4) is 0 Å². The highest BCUT2D eigenvalue weighted by Gasteiger charge is 2.54. The zero-order chi connectivity index (χ0) is 33.2. The van der Waals surface area contributed by atoms with Gasteiger partial charge in [-0.2, -0.15) is 0 Å². The van der Waals surface area contributed by atoms with Crippen molar-refractivity contribution >= 4 is 24.3 Å². The Morgan fingerprint density at radius 3 is 1.95 bits per heavy atom. The molecule has 0 saturated carbocycles. The summed E-state index contributed by atoms with van der Waals surface area (Å²) in [6.45, 7) is 6.78. The lowest BCUT2D eigenvalue weighted by Gasteiger charge is -2.38. The number of ether oxygens (including phenoxy) is 3. The molecule has 0 bridgehead atoms. The van der Waals surface area contributed by atoms with E-state index in [0.29, 0.717) is 17.5 Å². The monoisotopic (exact) mass is 618 g/mol. The van der Waals surface area contributed by atoms with Crippen molar-refractivity contribution in [3.63, 3.8) is 0 Å². The number of carbonyl (C=O) groups excluding carboxylic acids is 3. The van der Waals surface area contributed by atoms with Crippen LogP contribution >= 0.6 is 0 Å². The fraction of sp³-hybridized carbons (Fsp3) is 0.433. The van der Waals surface area contributed by atoms with Crippen LogP contribution in [-0.2, 0) is 28.6 Å². The summed E-state index contributed by atoms with van der Waals surface area (Å²) in [6, 6.07) is 15.9. The Labute approximate surface area is 254 Å². The van der Waals surface area contributed by atoms with E-state index >= 15 is 0 Å². The van der Waals surface area contributed by atoms with Gasteiger partial charge in [-0.3, -0.25) is 20.2 Å². The third kappa shape index (κ3) is 11.3.